The molecule has 0 aliphatic heterocycles. The van der Waals surface area contributed by atoms with Crippen molar-refractivity contribution >= 4 is 5.91 Å². The van der Waals surface area contributed by atoms with Crippen LogP contribution in [0, 0.1) is 11.6 Å². The highest BCUT2D eigenvalue weighted by Crippen LogP contribution is 2.39. The Balaban J connectivity index is 1.99. The maximum Gasteiger partial charge on any atom is 0.419 e. The second kappa shape index (κ2) is 11.6. The molecule has 0 aliphatic rings. The van der Waals surface area contributed by atoms with Gasteiger partial charge in [-0.3, -0.25) is 4.79 Å². The molecule has 4 aromatic carbocycles. The average molecular weight is 592 g/mol. The Labute approximate surface area is 237 Å². The van der Waals surface area contributed by atoms with Crippen LogP contribution in [-0.2, 0) is 24.3 Å². The van der Waals surface area contributed by atoms with Crippen LogP contribution in [0.2, 0.25) is 0 Å². The van der Waals surface area contributed by atoms with Gasteiger partial charge in [-0.15, -0.1) is 0 Å². The lowest BCUT2D eigenvalue weighted by Crippen LogP contribution is -2.49. The first-order chi connectivity index (χ1) is 19.6. The number of halogens is 8. The molecule has 4 aromatic rings. The summed E-state index contributed by atoms with van der Waals surface area (Å²) < 4.78 is 111. The molecule has 2 nitrogen and oxygen atoms in total. The van der Waals surface area contributed by atoms with E-state index in [9.17, 15) is 39.9 Å². The van der Waals surface area contributed by atoms with E-state index in [1.807, 2.05) is 13.8 Å². The Morgan fingerprint density at radius 2 is 1.33 bits per heavy atom. The summed E-state index contributed by atoms with van der Waals surface area (Å²) in [5.41, 5.74) is -4.14. The summed E-state index contributed by atoms with van der Waals surface area (Å²) >= 11 is 0. The Kier molecular flexibility index (Phi) is 8.48. The van der Waals surface area contributed by atoms with Gasteiger partial charge >= 0.3 is 12.4 Å². The van der Waals surface area contributed by atoms with Crippen LogP contribution in [0.3, 0.4) is 0 Å². The van der Waals surface area contributed by atoms with Gasteiger partial charge in [0.15, 0.2) is 0 Å². The zero-order chi connectivity index (χ0) is 30.9. The van der Waals surface area contributed by atoms with Crippen molar-refractivity contribution in [1.29, 1.82) is 0 Å². The van der Waals surface area contributed by atoms with E-state index in [2.05, 4.69) is 5.32 Å². The minimum absolute atomic E-state index is 0.0724. The fourth-order valence-corrected chi connectivity index (χ4v) is 4.76. The second-order valence-electron chi connectivity index (χ2n) is 10.2. The molecule has 1 N–H and O–H groups in total. The lowest BCUT2D eigenvalue weighted by atomic mass is 9.76. The smallest absolute Gasteiger partial charge is 0.338 e. The average Bonchev–Trinajstić information content (AvgIpc) is 2.92. The molecule has 0 saturated heterocycles. The van der Waals surface area contributed by atoms with E-state index in [4.69, 9.17) is 0 Å². The normalized spacial score (nSPS) is 13.6. The zero-order valence-corrected chi connectivity index (χ0v) is 22.4. The summed E-state index contributed by atoms with van der Waals surface area (Å²) in [6, 6.07) is 18.4. The molecule has 42 heavy (non-hydrogen) atoms. The molecular formula is C32H25F8NO. The van der Waals surface area contributed by atoms with Crippen molar-refractivity contribution in [3.05, 3.63) is 142 Å². The van der Waals surface area contributed by atoms with Crippen molar-refractivity contribution in [2.45, 2.75) is 44.1 Å². The number of carbonyl (C=O) groups is 1. The van der Waals surface area contributed by atoms with Crippen LogP contribution in [0.25, 0.3) is 0 Å². The van der Waals surface area contributed by atoms with Gasteiger partial charge in [0.25, 0.3) is 5.91 Å². The predicted molar refractivity (Wildman–Crippen MR) is 142 cm³/mol. The van der Waals surface area contributed by atoms with E-state index in [0.29, 0.717) is 29.8 Å². The van der Waals surface area contributed by atoms with E-state index < -0.39 is 52.1 Å². The first-order valence-electron chi connectivity index (χ1n) is 12.8. The van der Waals surface area contributed by atoms with Gasteiger partial charge in [0, 0.05) is 12.0 Å². The molecule has 10 heteroatoms. The van der Waals surface area contributed by atoms with Crippen LogP contribution in [-0.4, -0.2) is 5.91 Å². The van der Waals surface area contributed by atoms with Crippen molar-refractivity contribution in [1.82, 2.24) is 5.32 Å². The van der Waals surface area contributed by atoms with Gasteiger partial charge in [-0.2, -0.15) is 26.3 Å². The molecule has 0 spiro atoms. The summed E-state index contributed by atoms with van der Waals surface area (Å²) in [4.78, 5) is 13.6. The molecular weight excluding hydrogens is 566 g/mol. The van der Waals surface area contributed by atoms with E-state index in [0.717, 1.165) is 17.7 Å². The zero-order valence-electron chi connectivity index (χ0n) is 22.4. The van der Waals surface area contributed by atoms with E-state index in [1.54, 1.807) is 54.6 Å². The summed E-state index contributed by atoms with van der Waals surface area (Å²) in [5, 5.41) is 2.62. The van der Waals surface area contributed by atoms with Gasteiger partial charge in [0.05, 0.1) is 16.7 Å². The quantitative estimate of drug-likeness (QED) is 0.214. The number of rotatable bonds is 7. The van der Waals surface area contributed by atoms with Crippen LogP contribution < -0.4 is 5.32 Å². The van der Waals surface area contributed by atoms with Crippen molar-refractivity contribution in [2.75, 3.05) is 0 Å². The summed E-state index contributed by atoms with van der Waals surface area (Å²) in [7, 11) is 0. The van der Waals surface area contributed by atoms with E-state index >= 15 is 0 Å². The number of nitrogens with one attached hydrogen (secondary N) is 1. The molecule has 220 valence electrons. The number of hydrogen-bond donors (Lipinski definition) is 1. The third-order valence-corrected chi connectivity index (χ3v) is 6.96. The van der Waals surface area contributed by atoms with Gasteiger partial charge in [-0.25, -0.2) is 8.78 Å². The third kappa shape index (κ3) is 6.64. The molecule has 4 rings (SSSR count). The molecule has 0 bridgehead atoms. The summed E-state index contributed by atoms with van der Waals surface area (Å²) in [5.74, 6) is -3.89. The molecule has 1 amide bonds. The van der Waals surface area contributed by atoms with Crippen molar-refractivity contribution in [3.63, 3.8) is 0 Å². The van der Waals surface area contributed by atoms with E-state index in [-0.39, 0.29) is 23.5 Å². The number of carbonyl (C=O) groups excluding carboxylic acids is 1. The molecule has 0 fully saturated rings. The largest absolute Gasteiger partial charge is 0.419 e. The fourth-order valence-electron chi connectivity index (χ4n) is 4.76. The number of amides is 1. The van der Waals surface area contributed by atoms with Gasteiger partial charge in [0.2, 0.25) is 0 Å². The summed E-state index contributed by atoms with van der Waals surface area (Å²) in [6.07, 6.45) is -10.3. The maximum absolute atomic E-state index is 14.8. The van der Waals surface area contributed by atoms with E-state index in [1.165, 1.54) is 0 Å². The minimum atomic E-state index is -5.11. The summed E-state index contributed by atoms with van der Waals surface area (Å²) in [6.45, 7) is 3.84. The van der Waals surface area contributed by atoms with Gasteiger partial charge in [0.1, 0.15) is 11.6 Å². The first-order valence-corrected chi connectivity index (χ1v) is 12.8. The van der Waals surface area contributed by atoms with Gasteiger partial charge in [-0.05, 0) is 64.6 Å². The van der Waals surface area contributed by atoms with Crippen LogP contribution in [0.15, 0.2) is 91.0 Å². The Bertz CT molecular complexity index is 1560. The highest BCUT2D eigenvalue weighted by atomic mass is 19.4. The van der Waals surface area contributed by atoms with Gasteiger partial charge in [-0.1, -0.05) is 68.4 Å². The maximum atomic E-state index is 14.8. The highest BCUT2D eigenvalue weighted by Gasteiger charge is 2.41. The first kappa shape index (κ1) is 30.7. The van der Waals surface area contributed by atoms with Gasteiger partial charge < -0.3 is 5.32 Å². The van der Waals surface area contributed by atoms with Crippen LogP contribution in [0.5, 0.6) is 0 Å². The lowest BCUT2D eigenvalue weighted by Gasteiger charge is -2.37. The molecule has 0 aliphatic carbocycles. The molecule has 0 saturated carbocycles. The number of alkyl halides is 6. The topological polar surface area (TPSA) is 29.1 Å². The second-order valence-corrected chi connectivity index (χ2v) is 10.2. The molecule has 1 unspecified atom stereocenters. The monoisotopic (exact) mass is 591 g/mol. The Morgan fingerprint density at radius 3 is 1.90 bits per heavy atom. The standard InChI is InChI=1S/C32H25F8NO/c1-19(2)21-8-11-23(12-9-21)30(18-20-6-4-3-5-7-20,24-15-25(31(35,36)37)17-26(33)16-24)41-29(42)22-10-13-28(34)27(14-22)32(38,39)40/h3-17,19H,18H2,1-2H3,(H,41,42). The lowest BCUT2D eigenvalue weighted by molar-refractivity contribution is -0.140. The fraction of sp³-hybridized carbons (Fsp3) is 0.219. The third-order valence-electron chi connectivity index (χ3n) is 6.96. The minimum Gasteiger partial charge on any atom is -0.338 e. The SMILES string of the molecule is CC(C)c1ccc(C(Cc2ccccc2)(NC(=O)c2ccc(F)c(C(F)(F)F)c2)c2cc(F)cc(C(F)(F)F)c2)cc1. The van der Waals surface area contributed by atoms with Crippen molar-refractivity contribution in [2.24, 2.45) is 0 Å². The van der Waals surface area contributed by atoms with Crippen molar-refractivity contribution < 1.29 is 39.9 Å². The number of hydrogen-bond acceptors (Lipinski definition) is 1. The molecule has 1 atom stereocenters. The highest BCUT2D eigenvalue weighted by molar-refractivity contribution is 5.95. The molecule has 0 radical (unpaired) electrons. The Morgan fingerprint density at radius 1 is 0.714 bits per heavy atom. The van der Waals surface area contributed by atoms with Crippen LogP contribution >= 0.6 is 0 Å². The van der Waals surface area contributed by atoms with Crippen LogP contribution in [0.4, 0.5) is 35.1 Å². The predicted octanol–water partition coefficient (Wildman–Crippen LogP) is 9.04. The Hall–Kier alpha value is -4.21. The van der Waals surface area contributed by atoms with Crippen LogP contribution in [0.1, 0.15) is 63.5 Å². The number of benzene rings is 4. The molecule has 0 heterocycles. The van der Waals surface area contributed by atoms with Crippen molar-refractivity contribution in [3.8, 4) is 0 Å². The molecule has 0 aromatic heterocycles.